The van der Waals surface area contributed by atoms with Crippen molar-refractivity contribution in [2.24, 2.45) is 0 Å². The first-order chi connectivity index (χ1) is 13.8. The van der Waals surface area contributed by atoms with Crippen LogP contribution in [0.3, 0.4) is 0 Å². The number of carbonyl (C=O) groups is 1. The van der Waals surface area contributed by atoms with Crippen LogP contribution in [-0.2, 0) is 11.2 Å². The summed E-state index contributed by atoms with van der Waals surface area (Å²) in [5, 5.41) is -0.0371. The second kappa shape index (κ2) is 8.59. The summed E-state index contributed by atoms with van der Waals surface area (Å²) in [5.74, 6) is -3.08. The van der Waals surface area contributed by atoms with Crippen molar-refractivity contribution in [1.82, 2.24) is 9.97 Å². The maximum atomic E-state index is 14.7. The molecule has 3 aromatic rings. The molecule has 3 rings (SSSR count). The number of nitrogens with zero attached hydrogens (tertiary/aromatic N) is 2. The lowest BCUT2D eigenvalue weighted by molar-refractivity contribution is -0.133. The fourth-order valence-corrected chi connectivity index (χ4v) is 2.84. The summed E-state index contributed by atoms with van der Waals surface area (Å²) in [6, 6.07) is 8.15. The van der Waals surface area contributed by atoms with Gasteiger partial charge in [-0.2, -0.15) is 0 Å². The first-order valence-electron chi connectivity index (χ1n) is 8.11. The van der Waals surface area contributed by atoms with Crippen molar-refractivity contribution in [3.05, 3.63) is 63.8 Å². The molecule has 2 aromatic carbocycles. The molecule has 6 nitrogen and oxygen atoms in total. The fraction of sp³-hybridized carbons (Fsp3) is 0.105. The molecule has 10 heteroatoms. The summed E-state index contributed by atoms with van der Waals surface area (Å²) in [6.45, 7) is 0. The summed E-state index contributed by atoms with van der Waals surface area (Å²) in [5.41, 5.74) is 5.72. The van der Waals surface area contributed by atoms with E-state index in [1.54, 1.807) is 0 Å². The summed E-state index contributed by atoms with van der Waals surface area (Å²) >= 11 is 12.0. The fourth-order valence-electron chi connectivity index (χ4n) is 2.47. The van der Waals surface area contributed by atoms with Crippen molar-refractivity contribution >= 4 is 35.0 Å². The van der Waals surface area contributed by atoms with Gasteiger partial charge in [0.2, 0.25) is 0 Å². The average Bonchev–Trinajstić information content (AvgIpc) is 2.67. The Morgan fingerprint density at radius 1 is 1.14 bits per heavy atom. The predicted octanol–water partition coefficient (Wildman–Crippen LogP) is 4.47. The van der Waals surface area contributed by atoms with Gasteiger partial charge in [-0.1, -0.05) is 35.3 Å². The van der Waals surface area contributed by atoms with Gasteiger partial charge < -0.3 is 15.2 Å². The Balaban J connectivity index is 1.95. The van der Waals surface area contributed by atoms with Gasteiger partial charge in [-0.25, -0.2) is 18.7 Å². The number of halogens is 4. The second-order valence-electron chi connectivity index (χ2n) is 5.72. The van der Waals surface area contributed by atoms with E-state index in [0.29, 0.717) is 0 Å². The van der Waals surface area contributed by atoms with Crippen molar-refractivity contribution in [3.63, 3.8) is 0 Å². The molecule has 150 valence electrons. The molecule has 1 aromatic heterocycles. The minimum Gasteiger partial charge on any atom is -0.492 e. The number of carbonyl (C=O) groups excluding carboxylic acids is 1. The Morgan fingerprint density at radius 2 is 1.86 bits per heavy atom. The number of para-hydroxylation sites is 1. The Kier molecular flexibility index (Phi) is 6.14. The third-order valence-corrected chi connectivity index (χ3v) is 4.52. The van der Waals surface area contributed by atoms with Crippen LogP contribution < -0.4 is 15.2 Å². The van der Waals surface area contributed by atoms with Gasteiger partial charge in [0.25, 0.3) is 0 Å². The lowest BCUT2D eigenvalue weighted by Gasteiger charge is -2.11. The Hall–Kier alpha value is -2.97. The van der Waals surface area contributed by atoms with Gasteiger partial charge in [-0.05, 0) is 24.3 Å². The minimum absolute atomic E-state index is 0.0103. The number of ether oxygens (including phenoxy) is 2. The van der Waals surface area contributed by atoms with Crippen LogP contribution in [-0.4, -0.2) is 23.0 Å². The standard InChI is InChI=1S/C19H13Cl2F2N3O3/c1-28-17-10(20)7-6-9(16(17)23)19-25-12(15(21)18(24)26-19)8-14(27)29-13-5-3-2-4-11(13)22/h2-7H,8H2,1H3,(H2,24,25,26). The number of benzene rings is 2. The number of aromatic nitrogens is 2. The Bertz CT molecular complexity index is 1100. The highest BCUT2D eigenvalue weighted by molar-refractivity contribution is 6.33. The van der Waals surface area contributed by atoms with Gasteiger partial charge in [-0.15, -0.1) is 0 Å². The zero-order valence-electron chi connectivity index (χ0n) is 14.9. The van der Waals surface area contributed by atoms with E-state index in [1.165, 1.54) is 37.4 Å². The molecule has 2 N–H and O–H groups in total. The van der Waals surface area contributed by atoms with E-state index in [9.17, 15) is 13.6 Å². The molecule has 0 radical (unpaired) electrons. The molecule has 0 saturated heterocycles. The lowest BCUT2D eigenvalue weighted by Crippen LogP contribution is -2.15. The summed E-state index contributed by atoms with van der Waals surface area (Å²) in [4.78, 5) is 20.3. The number of nitrogens with two attached hydrogens (primary N) is 1. The molecular formula is C19H13Cl2F2N3O3. The highest BCUT2D eigenvalue weighted by atomic mass is 35.5. The third kappa shape index (κ3) is 4.38. The molecule has 0 saturated carbocycles. The Morgan fingerprint density at radius 3 is 2.55 bits per heavy atom. The number of rotatable bonds is 5. The molecule has 0 spiro atoms. The van der Waals surface area contributed by atoms with Crippen LogP contribution in [0.2, 0.25) is 10.0 Å². The van der Waals surface area contributed by atoms with Crippen molar-refractivity contribution in [1.29, 1.82) is 0 Å². The van der Waals surface area contributed by atoms with Crippen LogP contribution in [0.5, 0.6) is 11.5 Å². The zero-order valence-corrected chi connectivity index (χ0v) is 16.4. The van der Waals surface area contributed by atoms with E-state index < -0.39 is 24.0 Å². The van der Waals surface area contributed by atoms with Gasteiger partial charge in [0, 0.05) is 0 Å². The molecule has 0 aliphatic rings. The van der Waals surface area contributed by atoms with Gasteiger partial charge in [0.1, 0.15) is 10.8 Å². The molecule has 0 aliphatic carbocycles. The normalized spacial score (nSPS) is 10.7. The van der Waals surface area contributed by atoms with E-state index in [4.69, 9.17) is 38.4 Å². The minimum atomic E-state index is -0.838. The second-order valence-corrected chi connectivity index (χ2v) is 6.50. The summed E-state index contributed by atoms with van der Waals surface area (Å²) in [7, 11) is 1.26. The molecule has 0 bridgehead atoms. The number of esters is 1. The third-order valence-electron chi connectivity index (χ3n) is 3.81. The van der Waals surface area contributed by atoms with E-state index in [1.807, 2.05) is 0 Å². The SMILES string of the molecule is COc1c(Cl)ccc(-c2nc(N)c(Cl)c(CC(=O)Oc3ccccc3F)n2)c1F. The van der Waals surface area contributed by atoms with Crippen molar-refractivity contribution in [2.75, 3.05) is 12.8 Å². The van der Waals surface area contributed by atoms with Gasteiger partial charge in [0.05, 0.1) is 29.8 Å². The lowest BCUT2D eigenvalue weighted by atomic mass is 10.1. The number of hydrogen-bond acceptors (Lipinski definition) is 6. The smallest absolute Gasteiger partial charge is 0.317 e. The van der Waals surface area contributed by atoms with Crippen molar-refractivity contribution in [2.45, 2.75) is 6.42 Å². The van der Waals surface area contributed by atoms with Crippen molar-refractivity contribution < 1.29 is 23.0 Å². The van der Waals surface area contributed by atoms with Gasteiger partial charge in [-0.3, -0.25) is 4.79 Å². The maximum Gasteiger partial charge on any atom is 0.317 e. The zero-order chi connectivity index (χ0) is 21.1. The molecule has 29 heavy (non-hydrogen) atoms. The molecule has 1 heterocycles. The molecule has 0 unspecified atom stereocenters. The van der Waals surface area contributed by atoms with Gasteiger partial charge >= 0.3 is 5.97 Å². The largest absolute Gasteiger partial charge is 0.492 e. The van der Waals surface area contributed by atoms with E-state index in [0.717, 1.165) is 6.07 Å². The van der Waals surface area contributed by atoms with Crippen LogP contribution in [0, 0.1) is 11.6 Å². The van der Waals surface area contributed by atoms with E-state index in [-0.39, 0.29) is 44.4 Å². The topological polar surface area (TPSA) is 87.3 Å². The van der Waals surface area contributed by atoms with Crippen LogP contribution in [0.1, 0.15) is 5.69 Å². The number of methoxy groups -OCH3 is 1. The number of hydrogen-bond donors (Lipinski definition) is 1. The Labute approximate surface area is 174 Å². The maximum absolute atomic E-state index is 14.7. The number of nitrogen functional groups attached to an aromatic ring is 1. The molecular weight excluding hydrogens is 427 g/mol. The highest BCUT2D eigenvalue weighted by Crippen LogP contribution is 2.35. The molecule has 0 aliphatic heterocycles. The van der Waals surface area contributed by atoms with Crippen molar-refractivity contribution in [3.8, 4) is 22.9 Å². The van der Waals surface area contributed by atoms with Gasteiger partial charge in [0.15, 0.2) is 29.0 Å². The molecule has 0 fully saturated rings. The predicted molar refractivity (Wildman–Crippen MR) is 104 cm³/mol. The van der Waals surface area contributed by atoms with Crippen LogP contribution in [0.4, 0.5) is 14.6 Å². The quantitative estimate of drug-likeness (QED) is 0.466. The van der Waals surface area contributed by atoms with Crippen LogP contribution >= 0.6 is 23.2 Å². The summed E-state index contributed by atoms with van der Waals surface area (Å²) in [6.07, 6.45) is -0.445. The van der Waals surface area contributed by atoms with E-state index in [2.05, 4.69) is 9.97 Å². The van der Waals surface area contributed by atoms with Crippen LogP contribution in [0.25, 0.3) is 11.4 Å². The first-order valence-corrected chi connectivity index (χ1v) is 8.86. The molecule has 0 atom stereocenters. The number of anilines is 1. The summed E-state index contributed by atoms with van der Waals surface area (Å²) < 4.78 is 38.2. The van der Waals surface area contributed by atoms with E-state index >= 15 is 0 Å². The van der Waals surface area contributed by atoms with Crippen LogP contribution in [0.15, 0.2) is 36.4 Å². The highest BCUT2D eigenvalue weighted by Gasteiger charge is 2.21. The monoisotopic (exact) mass is 439 g/mol. The first kappa shape index (κ1) is 20.8. The average molecular weight is 440 g/mol. The molecule has 0 amide bonds.